The van der Waals surface area contributed by atoms with E-state index in [1.807, 2.05) is 26.0 Å². The number of carbonyl (C=O) groups excluding carboxylic acids is 2. The number of aromatic nitrogens is 1. The van der Waals surface area contributed by atoms with Gasteiger partial charge in [0.15, 0.2) is 5.76 Å². The minimum absolute atomic E-state index is 0.138. The maximum atomic E-state index is 12.1. The number of hydrogen-bond donors (Lipinski definition) is 3. The van der Waals surface area contributed by atoms with E-state index >= 15 is 0 Å². The fraction of sp³-hybridized carbons (Fsp3) is 0.222. The molecule has 0 aliphatic carbocycles. The van der Waals surface area contributed by atoms with Gasteiger partial charge in [-0.1, -0.05) is 13.8 Å². The number of nitrogens with one attached hydrogen (secondary N) is 3. The van der Waals surface area contributed by atoms with E-state index in [1.54, 1.807) is 24.3 Å². The van der Waals surface area contributed by atoms with Crippen LogP contribution in [-0.2, 0) is 0 Å². The summed E-state index contributed by atoms with van der Waals surface area (Å²) in [6.07, 6.45) is 1.45. The first-order valence-corrected chi connectivity index (χ1v) is 7.79. The second kappa shape index (κ2) is 6.62. The van der Waals surface area contributed by atoms with Crippen molar-refractivity contribution in [2.45, 2.75) is 13.8 Å². The molecule has 2 amide bonds. The zero-order valence-electron chi connectivity index (χ0n) is 13.6. The molecule has 6 nitrogen and oxygen atoms in total. The molecule has 0 radical (unpaired) electrons. The van der Waals surface area contributed by atoms with Gasteiger partial charge >= 0.3 is 0 Å². The molecule has 0 spiro atoms. The van der Waals surface area contributed by atoms with Crippen molar-refractivity contribution in [3.05, 3.63) is 54.1 Å². The highest BCUT2D eigenvalue weighted by Gasteiger charge is 2.12. The molecular weight excluding hydrogens is 306 g/mol. The molecule has 0 aliphatic rings. The van der Waals surface area contributed by atoms with E-state index in [0.717, 1.165) is 10.9 Å². The predicted octanol–water partition coefficient (Wildman–Crippen LogP) is 3.40. The van der Waals surface area contributed by atoms with Crippen molar-refractivity contribution in [1.82, 2.24) is 10.3 Å². The summed E-state index contributed by atoms with van der Waals surface area (Å²) in [5.74, 6) is 0.186. The quantitative estimate of drug-likeness (QED) is 0.672. The van der Waals surface area contributed by atoms with Gasteiger partial charge in [0.05, 0.1) is 6.26 Å². The number of hydrogen-bond acceptors (Lipinski definition) is 3. The second-order valence-electron chi connectivity index (χ2n) is 6.02. The van der Waals surface area contributed by atoms with Gasteiger partial charge in [-0.3, -0.25) is 9.59 Å². The number of aromatic amines is 1. The number of amides is 2. The van der Waals surface area contributed by atoms with Crippen LogP contribution >= 0.6 is 0 Å². The summed E-state index contributed by atoms with van der Waals surface area (Å²) in [6, 6.07) is 10.4. The summed E-state index contributed by atoms with van der Waals surface area (Å²) < 4.78 is 5.07. The van der Waals surface area contributed by atoms with Crippen molar-refractivity contribution >= 4 is 28.4 Å². The Morgan fingerprint density at radius 1 is 1.17 bits per heavy atom. The number of furan rings is 1. The van der Waals surface area contributed by atoms with Gasteiger partial charge in [0.1, 0.15) is 5.69 Å². The maximum absolute atomic E-state index is 12.1. The third-order valence-corrected chi connectivity index (χ3v) is 3.54. The lowest BCUT2D eigenvalue weighted by atomic mass is 10.2. The Labute approximate surface area is 139 Å². The number of H-pyrrole nitrogens is 1. The van der Waals surface area contributed by atoms with E-state index in [2.05, 4.69) is 15.6 Å². The van der Waals surface area contributed by atoms with Crippen LogP contribution in [0.15, 0.2) is 47.1 Å². The highest BCUT2D eigenvalue weighted by atomic mass is 16.3. The summed E-state index contributed by atoms with van der Waals surface area (Å²) in [6.45, 7) is 4.71. The van der Waals surface area contributed by atoms with E-state index in [9.17, 15) is 9.59 Å². The summed E-state index contributed by atoms with van der Waals surface area (Å²) in [5.41, 5.74) is 1.97. The molecular formula is C18H19N3O3. The van der Waals surface area contributed by atoms with Gasteiger partial charge in [0, 0.05) is 23.1 Å². The number of anilines is 1. The van der Waals surface area contributed by atoms with Gasteiger partial charge in [0.25, 0.3) is 11.8 Å². The van der Waals surface area contributed by atoms with Gasteiger partial charge in [-0.15, -0.1) is 0 Å². The lowest BCUT2D eigenvalue weighted by Gasteiger charge is -2.05. The van der Waals surface area contributed by atoms with Crippen molar-refractivity contribution < 1.29 is 14.0 Å². The van der Waals surface area contributed by atoms with Gasteiger partial charge < -0.3 is 20.0 Å². The first-order chi connectivity index (χ1) is 11.5. The molecule has 0 atom stereocenters. The molecule has 24 heavy (non-hydrogen) atoms. The van der Waals surface area contributed by atoms with Crippen LogP contribution in [-0.4, -0.2) is 23.3 Å². The molecule has 0 unspecified atom stereocenters. The fourth-order valence-electron chi connectivity index (χ4n) is 2.33. The molecule has 6 heteroatoms. The number of carbonyl (C=O) groups is 2. The average molecular weight is 325 g/mol. The highest BCUT2D eigenvalue weighted by molar-refractivity contribution is 6.04. The molecule has 2 heterocycles. The minimum Gasteiger partial charge on any atom is -0.459 e. The lowest BCUT2D eigenvalue weighted by molar-refractivity contribution is 0.0944. The van der Waals surface area contributed by atoms with Crippen LogP contribution in [0.1, 0.15) is 34.9 Å². The smallest absolute Gasteiger partial charge is 0.291 e. The zero-order chi connectivity index (χ0) is 17.1. The van der Waals surface area contributed by atoms with Crippen molar-refractivity contribution in [3.63, 3.8) is 0 Å². The highest BCUT2D eigenvalue weighted by Crippen LogP contribution is 2.21. The zero-order valence-corrected chi connectivity index (χ0v) is 13.6. The first kappa shape index (κ1) is 15.9. The molecule has 0 saturated carbocycles. The maximum Gasteiger partial charge on any atom is 0.291 e. The minimum atomic E-state index is -0.315. The van der Waals surface area contributed by atoms with Crippen LogP contribution in [0.5, 0.6) is 0 Å². The molecule has 0 saturated heterocycles. The van der Waals surface area contributed by atoms with Crippen molar-refractivity contribution in [1.29, 1.82) is 0 Å². The van der Waals surface area contributed by atoms with Crippen LogP contribution in [0.2, 0.25) is 0 Å². The second-order valence-corrected chi connectivity index (χ2v) is 6.02. The summed E-state index contributed by atoms with van der Waals surface area (Å²) in [4.78, 5) is 27.2. The van der Waals surface area contributed by atoms with E-state index < -0.39 is 0 Å². The molecule has 3 aromatic rings. The number of rotatable bonds is 5. The summed E-state index contributed by atoms with van der Waals surface area (Å²) in [7, 11) is 0. The topological polar surface area (TPSA) is 87.1 Å². The normalized spacial score (nSPS) is 11.0. The summed E-state index contributed by atoms with van der Waals surface area (Å²) in [5, 5.41) is 6.49. The molecule has 2 aromatic heterocycles. The molecule has 0 bridgehead atoms. The van der Waals surface area contributed by atoms with Crippen LogP contribution in [0.4, 0.5) is 5.69 Å². The van der Waals surface area contributed by atoms with Crippen LogP contribution in [0.25, 0.3) is 10.9 Å². The SMILES string of the molecule is CC(C)CNC(=O)c1cc2cc(NC(=O)c3ccco3)ccc2[nH]1. The fourth-order valence-corrected chi connectivity index (χ4v) is 2.33. The third kappa shape index (κ3) is 3.48. The molecule has 1 aromatic carbocycles. The Bertz CT molecular complexity index is 863. The van der Waals surface area contributed by atoms with Crippen molar-refractivity contribution in [3.8, 4) is 0 Å². The summed E-state index contributed by atoms with van der Waals surface area (Å²) >= 11 is 0. The Morgan fingerprint density at radius 3 is 2.71 bits per heavy atom. The molecule has 0 fully saturated rings. The number of benzene rings is 1. The van der Waals surface area contributed by atoms with Crippen LogP contribution in [0, 0.1) is 5.92 Å². The molecule has 124 valence electrons. The predicted molar refractivity (Wildman–Crippen MR) is 92.1 cm³/mol. The third-order valence-electron chi connectivity index (χ3n) is 3.54. The number of fused-ring (bicyclic) bond motifs is 1. The van der Waals surface area contributed by atoms with E-state index in [0.29, 0.717) is 23.8 Å². The van der Waals surface area contributed by atoms with Crippen molar-refractivity contribution in [2.24, 2.45) is 5.92 Å². The molecule has 3 rings (SSSR count). The monoisotopic (exact) mass is 325 g/mol. The average Bonchev–Trinajstić information content (AvgIpc) is 3.21. The Hall–Kier alpha value is -3.02. The largest absolute Gasteiger partial charge is 0.459 e. The standard InChI is InChI=1S/C18H19N3O3/c1-11(2)10-19-17(22)15-9-12-8-13(5-6-14(12)21-15)20-18(23)16-4-3-7-24-16/h3-9,11,21H,10H2,1-2H3,(H,19,22)(H,20,23). The van der Waals surface area contributed by atoms with E-state index in [4.69, 9.17) is 4.42 Å². The van der Waals surface area contributed by atoms with Gasteiger partial charge in [-0.05, 0) is 42.3 Å². The Balaban J connectivity index is 1.76. The first-order valence-electron chi connectivity index (χ1n) is 7.79. The lowest BCUT2D eigenvalue weighted by Crippen LogP contribution is -2.27. The van der Waals surface area contributed by atoms with Crippen LogP contribution < -0.4 is 10.6 Å². The molecule has 3 N–H and O–H groups in total. The van der Waals surface area contributed by atoms with Gasteiger partial charge in [-0.25, -0.2) is 0 Å². The van der Waals surface area contributed by atoms with Gasteiger partial charge in [0.2, 0.25) is 0 Å². The van der Waals surface area contributed by atoms with E-state index in [-0.39, 0.29) is 17.6 Å². The Morgan fingerprint density at radius 2 is 2.00 bits per heavy atom. The van der Waals surface area contributed by atoms with Crippen molar-refractivity contribution in [2.75, 3.05) is 11.9 Å². The van der Waals surface area contributed by atoms with Crippen LogP contribution in [0.3, 0.4) is 0 Å². The van der Waals surface area contributed by atoms with E-state index in [1.165, 1.54) is 6.26 Å². The van der Waals surface area contributed by atoms with Gasteiger partial charge in [-0.2, -0.15) is 0 Å². The Kier molecular flexibility index (Phi) is 4.37. The molecule has 0 aliphatic heterocycles.